The number of nitrogens with one attached hydrogen (secondary N) is 1. The van der Waals surface area contributed by atoms with Crippen LogP contribution in [0.15, 0.2) is 42.5 Å². The molecular formula is C29H38N2O4. The Morgan fingerprint density at radius 2 is 1.94 bits per heavy atom. The van der Waals surface area contributed by atoms with Crippen LogP contribution < -0.4 is 10.1 Å². The second-order valence-corrected chi connectivity index (χ2v) is 10.1. The first-order valence-electron chi connectivity index (χ1n) is 12.6. The molecule has 0 saturated heterocycles. The van der Waals surface area contributed by atoms with Gasteiger partial charge in [-0.15, -0.1) is 0 Å². The number of ether oxygens (including phenoxy) is 2. The van der Waals surface area contributed by atoms with Crippen LogP contribution in [0.25, 0.3) is 0 Å². The highest BCUT2D eigenvalue weighted by Crippen LogP contribution is 2.31. The number of aryl methyl sites for hydroxylation is 1. The van der Waals surface area contributed by atoms with Crippen molar-refractivity contribution in [3.8, 4) is 11.8 Å². The number of benzene rings is 2. The minimum atomic E-state index is -0.689. The summed E-state index contributed by atoms with van der Waals surface area (Å²) in [6.07, 6.45) is 4.28. The molecule has 0 amide bonds. The number of β-amino-alcohol motifs (C(OH)–C–C–N with tert-alkyl or cyclic N) is 1. The van der Waals surface area contributed by atoms with E-state index >= 15 is 0 Å². The first kappa shape index (κ1) is 26.7. The third kappa shape index (κ3) is 8.38. The Morgan fingerprint density at radius 1 is 1.23 bits per heavy atom. The van der Waals surface area contributed by atoms with Gasteiger partial charge in [-0.3, -0.25) is 4.79 Å². The maximum atomic E-state index is 11.5. The first-order chi connectivity index (χ1) is 16.8. The summed E-state index contributed by atoms with van der Waals surface area (Å²) in [7, 11) is 0. The summed E-state index contributed by atoms with van der Waals surface area (Å²) >= 11 is 0. The zero-order valence-electron chi connectivity index (χ0n) is 21.2. The number of esters is 1. The zero-order chi connectivity index (χ0) is 25.3. The number of carbonyl (C=O) groups excluding carboxylic acids is 1. The number of nitrogens with zero attached hydrogens (tertiary/aromatic N) is 1. The van der Waals surface area contributed by atoms with Gasteiger partial charge in [-0.05, 0) is 87.6 Å². The Hall–Kier alpha value is -2.88. The minimum absolute atomic E-state index is 0.100. The SMILES string of the molecule is CCOC(=O)CCCc1ccc(OC[C@@H](O)CNC(C)(C)CC2Cc3ccccc3C2)c(C#N)c1. The van der Waals surface area contributed by atoms with E-state index in [4.69, 9.17) is 9.47 Å². The van der Waals surface area contributed by atoms with Crippen molar-refractivity contribution in [1.29, 1.82) is 5.26 Å². The molecule has 6 heteroatoms. The van der Waals surface area contributed by atoms with E-state index < -0.39 is 6.10 Å². The minimum Gasteiger partial charge on any atom is -0.489 e. The third-order valence-electron chi connectivity index (χ3n) is 6.50. The van der Waals surface area contributed by atoms with Gasteiger partial charge in [0.15, 0.2) is 0 Å². The van der Waals surface area contributed by atoms with Gasteiger partial charge in [-0.2, -0.15) is 5.26 Å². The van der Waals surface area contributed by atoms with E-state index in [0.29, 0.717) is 49.6 Å². The molecule has 0 aromatic heterocycles. The molecule has 0 radical (unpaired) electrons. The normalized spacial score (nSPS) is 14.3. The number of nitriles is 1. The predicted octanol–water partition coefficient (Wildman–Crippen LogP) is 4.36. The molecule has 0 aliphatic heterocycles. The van der Waals surface area contributed by atoms with Crippen LogP contribution in [0.5, 0.6) is 5.75 Å². The van der Waals surface area contributed by atoms with Gasteiger partial charge >= 0.3 is 5.97 Å². The summed E-state index contributed by atoms with van der Waals surface area (Å²) in [6.45, 7) is 7.06. The number of aliphatic hydroxyl groups is 1. The van der Waals surface area contributed by atoms with Gasteiger partial charge < -0.3 is 19.9 Å². The fraction of sp³-hybridized carbons (Fsp3) is 0.517. The molecule has 1 aliphatic carbocycles. The van der Waals surface area contributed by atoms with Crippen LogP contribution >= 0.6 is 0 Å². The first-order valence-corrected chi connectivity index (χ1v) is 12.6. The number of fused-ring (bicyclic) bond motifs is 1. The molecule has 0 unspecified atom stereocenters. The van der Waals surface area contributed by atoms with E-state index in [0.717, 1.165) is 24.8 Å². The largest absolute Gasteiger partial charge is 0.489 e. The number of hydrogen-bond donors (Lipinski definition) is 2. The summed E-state index contributed by atoms with van der Waals surface area (Å²) in [4.78, 5) is 11.5. The van der Waals surface area contributed by atoms with Crippen LogP contribution in [0.2, 0.25) is 0 Å². The molecule has 2 aromatic carbocycles. The van der Waals surface area contributed by atoms with Gasteiger partial charge in [0.1, 0.15) is 24.5 Å². The van der Waals surface area contributed by atoms with Gasteiger partial charge in [0.25, 0.3) is 0 Å². The second kappa shape index (κ2) is 12.7. The quantitative estimate of drug-likeness (QED) is 0.416. The van der Waals surface area contributed by atoms with Crippen LogP contribution in [-0.2, 0) is 28.8 Å². The lowest BCUT2D eigenvalue weighted by Gasteiger charge is -2.30. The Kier molecular flexibility index (Phi) is 9.71. The molecule has 0 bridgehead atoms. The van der Waals surface area contributed by atoms with E-state index in [-0.39, 0.29) is 18.1 Å². The van der Waals surface area contributed by atoms with Gasteiger partial charge in [0.05, 0.1) is 12.2 Å². The van der Waals surface area contributed by atoms with Crippen LogP contribution in [-0.4, -0.2) is 42.5 Å². The lowest BCUT2D eigenvalue weighted by atomic mass is 9.88. The summed E-state index contributed by atoms with van der Waals surface area (Å²) in [5, 5.41) is 23.5. The lowest BCUT2D eigenvalue weighted by molar-refractivity contribution is -0.143. The molecule has 1 aliphatic rings. The maximum absolute atomic E-state index is 11.5. The number of aliphatic hydroxyl groups excluding tert-OH is 1. The van der Waals surface area contributed by atoms with Crippen molar-refractivity contribution in [2.75, 3.05) is 19.8 Å². The molecule has 0 heterocycles. The fourth-order valence-electron chi connectivity index (χ4n) is 4.84. The standard InChI is InChI=1S/C29H38N2O4/c1-4-34-28(33)11-7-8-21-12-13-27(25(14-21)18-30)35-20-26(32)19-31-29(2,3)17-22-15-23-9-5-6-10-24(23)16-22/h5-6,9-10,12-14,22,26,31-32H,4,7-8,11,15-17,19-20H2,1-3H3/t26-/m0/s1. The molecule has 188 valence electrons. The second-order valence-electron chi connectivity index (χ2n) is 10.1. The molecule has 1 atom stereocenters. The van der Waals surface area contributed by atoms with E-state index in [1.807, 2.05) is 6.07 Å². The number of carbonyl (C=O) groups is 1. The number of hydrogen-bond acceptors (Lipinski definition) is 6. The van der Waals surface area contributed by atoms with Crippen molar-refractivity contribution < 1.29 is 19.4 Å². The Balaban J connectivity index is 1.42. The molecule has 0 saturated carbocycles. The monoisotopic (exact) mass is 478 g/mol. The van der Waals surface area contributed by atoms with Gasteiger partial charge in [0, 0.05) is 18.5 Å². The fourth-order valence-corrected chi connectivity index (χ4v) is 4.84. The van der Waals surface area contributed by atoms with Crippen LogP contribution in [0.3, 0.4) is 0 Å². The molecule has 2 aromatic rings. The molecule has 0 spiro atoms. The zero-order valence-corrected chi connectivity index (χ0v) is 21.2. The van der Waals surface area contributed by atoms with E-state index in [2.05, 4.69) is 49.5 Å². The van der Waals surface area contributed by atoms with Crippen molar-refractivity contribution in [2.45, 2.75) is 70.9 Å². The van der Waals surface area contributed by atoms with Gasteiger partial charge in [-0.1, -0.05) is 30.3 Å². The topological polar surface area (TPSA) is 91.6 Å². The van der Waals surface area contributed by atoms with Crippen molar-refractivity contribution in [3.05, 3.63) is 64.7 Å². The van der Waals surface area contributed by atoms with Crippen LogP contribution in [0, 0.1) is 17.2 Å². The van der Waals surface area contributed by atoms with Crippen molar-refractivity contribution in [3.63, 3.8) is 0 Å². The molecule has 3 rings (SSSR count). The summed E-state index contributed by atoms with van der Waals surface area (Å²) in [5.74, 6) is 0.869. The molecular weight excluding hydrogens is 440 g/mol. The van der Waals surface area contributed by atoms with Crippen molar-refractivity contribution in [1.82, 2.24) is 5.32 Å². The smallest absolute Gasteiger partial charge is 0.305 e. The highest BCUT2D eigenvalue weighted by Gasteiger charge is 2.28. The van der Waals surface area contributed by atoms with E-state index in [9.17, 15) is 15.2 Å². The average Bonchev–Trinajstić information content (AvgIpc) is 3.23. The Bertz CT molecular complexity index is 1000. The van der Waals surface area contributed by atoms with Crippen LogP contribution in [0.1, 0.15) is 62.3 Å². The highest BCUT2D eigenvalue weighted by molar-refractivity contribution is 5.69. The van der Waals surface area contributed by atoms with Gasteiger partial charge in [0.2, 0.25) is 0 Å². The van der Waals surface area contributed by atoms with Crippen LogP contribution in [0.4, 0.5) is 0 Å². The maximum Gasteiger partial charge on any atom is 0.305 e. The number of rotatable bonds is 13. The van der Waals surface area contributed by atoms with Crippen molar-refractivity contribution in [2.24, 2.45) is 5.92 Å². The molecule has 0 fully saturated rings. The average molecular weight is 479 g/mol. The summed E-state index contributed by atoms with van der Waals surface area (Å²) in [5.41, 5.74) is 4.22. The third-order valence-corrected chi connectivity index (χ3v) is 6.50. The van der Waals surface area contributed by atoms with Gasteiger partial charge in [-0.25, -0.2) is 0 Å². The molecule has 35 heavy (non-hydrogen) atoms. The van der Waals surface area contributed by atoms with E-state index in [1.165, 1.54) is 11.1 Å². The summed E-state index contributed by atoms with van der Waals surface area (Å²) in [6, 6.07) is 16.3. The predicted molar refractivity (Wildman–Crippen MR) is 136 cm³/mol. The summed E-state index contributed by atoms with van der Waals surface area (Å²) < 4.78 is 10.7. The highest BCUT2D eigenvalue weighted by atomic mass is 16.5. The van der Waals surface area contributed by atoms with E-state index in [1.54, 1.807) is 19.1 Å². The molecule has 6 nitrogen and oxygen atoms in total. The van der Waals surface area contributed by atoms with Crippen molar-refractivity contribution >= 4 is 5.97 Å². The Morgan fingerprint density at radius 3 is 2.60 bits per heavy atom. The lowest BCUT2D eigenvalue weighted by Crippen LogP contribution is -2.46. The Labute approximate surface area is 209 Å². The molecule has 2 N–H and O–H groups in total.